The molecule has 1 heterocycles. The van der Waals surface area contributed by atoms with E-state index in [0.29, 0.717) is 5.02 Å². The molecule has 0 saturated carbocycles. The number of benzene rings is 1. The summed E-state index contributed by atoms with van der Waals surface area (Å²) in [6.07, 6.45) is 2.01. The lowest BCUT2D eigenvalue weighted by Crippen LogP contribution is -2.26. The minimum atomic E-state index is -3.71. The number of nitrogens with one attached hydrogen (secondary N) is 1. The fraction of sp³-hybridized carbons (Fsp3) is 0.375. The zero-order chi connectivity index (χ0) is 17.6. The van der Waals surface area contributed by atoms with Crippen LogP contribution in [0.2, 0.25) is 5.02 Å². The zero-order valence-corrected chi connectivity index (χ0v) is 15.3. The first kappa shape index (κ1) is 18.5. The first-order valence-electron chi connectivity index (χ1n) is 7.83. The Balaban J connectivity index is 2.14. The molecule has 0 aliphatic carbocycles. The van der Waals surface area contributed by atoms with Crippen molar-refractivity contribution in [2.24, 2.45) is 0 Å². The predicted octanol–water partition coefficient (Wildman–Crippen LogP) is 3.56. The number of rotatable bonds is 8. The van der Waals surface area contributed by atoms with Crippen molar-refractivity contribution in [2.75, 3.05) is 22.7 Å². The Morgan fingerprint density at radius 2 is 1.62 bits per heavy atom. The molecule has 0 spiro atoms. The van der Waals surface area contributed by atoms with Gasteiger partial charge in [0.2, 0.25) is 0 Å². The molecule has 1 N–H and O–H groups in total. The largest absolute Gasteiger partial charge is 0.355 e. The van der Waals surface area contributed by atoms with Gasteiger partial charge in [0.1, 0.15) is 0 Å². The minimum absolute atomic E-state index is 0.122. The Kier molecular flexibility index (Phi) is 6.39. The maximum atomic E-state index is 12.3. The molecule has 0 fully saturated rings. The van der Waals surface area contributed by atoms with Crippen molar-refractivity contribution in [2.45, 2.75) is 31.6 Å². The number of nitrogens with zero attached hydrogens (tertiary/aromatic N) is 3. The van der Waals surface area contributed by atoms with Crippen molar-refractivity contribution >= 4 is 33.3 Å². The molecule has 0 saturated heterocycles. The molecule has 2 rings (SSSR count). The highest BCUT2D eigenvalue weighted by molar-refractivity contribution is 7.92. The Hall–Kier alpha value is -1.86. The van der Waals surface area contributed by atoms with Crippen LogP contribution in [0.1, 0.15) is 26.7 Å². The van der Waals surface area contributed by atoms with E-state index >= 15 is 0 Å². The number of sulfonamides is 1. The number of hydrogen-bond donors (Lipinski definition) is 1. The summed E-state index contributed by atoms with van der Waals surface area (Å²) in [6.45, 7) is 5.98. The average Bonchev–Trinajstić information content (AvgIpc) is 2.55. The molecule has 0 atom stereocenters. The van der Waals surface area contributed by atoms with Gasteiger partial charge in [-0.05, 0) is 49.2 Å². The smallest absolute Gasteiger partial charge is 0.263 e. The molecule has 1 aromatic heterocycles. The van der Waals surface area contributed by atoms with Crippen molar-refractivity contribution in [3.05, 3.63) is 41.4 Å². The molecule has 6 nitrogen and oxygen atoms in total. The van der Waals surface area contributed by atoms with E-state index < -0.39 is 10.0 Å². The van der Waals surface area contributed by atoms with Crippen molar-refractivity contribution in [3.63, 3.8) is 0 Å². The molecule has 0 aliphatic rings. The molecule has 0 unspecified atom stereocenters. The predicted molar refractivity (Wildman–Crippen MR) is 97.1 cm³/mol. The summed E-state index contributed by atoms with van der Waals surface area (Å²) in [5.74, 6) is 0.926. The maximum absolute atomic E-state index is 12.3. The van der Waals surface area contributed by atoms with Crippen molar-refractivity contribution in [1.29, 1.82) is 0 Å². The van der Waals surface area contributed by atoms with E-state index in [-0.39, 0.29) is 10.7 Å². The van der Waals surface area contributed by atoms with Gasteiger partial charge >= 0.3 is 0 Å². The first-order chi connectivity index (χ1) is 11.5. The van der Waals surface area contributed by atoms with E-state index in [4.69, 9.17) is 11.6 Å². The summed E-state index contributed by atoms with van der Waals surface area (Å²) in [6, 6.07) is 9.33. The fourth-order valence-electron chi connectivity index (χ4n) is 2.24. The van der Waals surface area contributed by atoms with Gasteiger partial charge in [0.15, 0.2) is 11.6 Å². The van der Waals surface area contributed by atoms with E-state index in [1.807, 2.05) is 0 Å². The van der Waals surface area contributed by atoms with Crippen molar-refractivity contribution < 1.29 is 8.42 Å². The third-order valence-electron chi connectivity index (χ3n) is 3.32. The molecule has 0 radical (unpaired) electrons. The number of hydrogen-bond acceptors (Lipinski definition) is 5. The second-order valence-corrected chi connectivity index (χ2v) is 7.44. The van der Waals surface area contributed by atoms with Crippen LogP contribution in [-0.4, -0.2) is 31.7 Å². The molecule has 24 heavy (non-hydrogen) atoms. The molecule has 8 heteroatoms. The SMILES string of the molecule is CCCN(CCC)c1ccc(NS(=O)(=O)c2ccc(Cl)cc2)nn1. The second kappa shape index (κ2) is 8.30. The fourth-order valence-corrected chi connectivity index (χ4v) is 3.36. The van der Waals surface area contributed by atoms with Crippen LogP contribution in [0, 0.1) is 0 Å². The third-order valence-corrected chi connectivity index (χ3v) is 4.95. The van der Waals surface area contributed by atoms with Crippen LogP contribution >= 0.6 is 11.6 Å². The van der Waals surface area contributed by atoms with E-state index in [9.17, 15) is 8.42 Å². The van der Waals surface area contributed by atoms with Gasteiger partial charge in [-0.25, -0.2) is 8.42 Å². The standard InChI is InChI=1S/C16H21ClN4O2S/c1-3-11-21(12-4-2)16-10-9-15(18-19-16)20-24(22,23)14-7-5-13(17)6-8-14/h5-10H,3-4,11-12H2,1-2H3,(H,18,20). The van der Waals surface area contributed by atoms with Gasteiger partial charge in [0, 0.05) is 18.1 Å². The first-order valence-corrected chi connectivity index (χ1v) is 9.69. The average molecular weight is 369 g/mol. The van der Waals surface area contributed by atoms with Gasteiger partial charge in [0.05, 0.1) is 4.90 Å². The van der Waals surface area contributed by atoms with Crippen LogP contribution in [0.15, 0.2) is 41.3 Å². The van der Waals surface area contributed by atoms with Crippen molar-refractivity contribution in [3.8, 4) is 0 Å². The van der Waals surface area contributed by atoms with E-state index in [1.165, 1.54) is 24.3 Å². The van der Waals surface area contributed by atoms with Gasteiger partial charge in [0.25, 0.3) is 10.0 Å². The van der Waals surface area contributed by atoms with E-state index in [0.717, 1.165) is 31.7 Å². The summed E-state index contributed by atoms with van der Waals surface area (Å²) in [5.41, 5.74) is 0. The van der Waals surface area contributed by atoms with Gasteiger partial charge in [-0.15, -0.1) is 10.2 Å². The molecule has 0 aliphatic heterocycles. The van der Waals surface area contributed by atoms with Gasteiger partial charge < -0.3 is 4.90 Å². The Bertz CT molecular complexity index is 743. The molecule has 0 bridgehead atoms. The molecule has 130 valence electrons. The van der Waals surface area contributed by atoms with Crippen molar-refractivity contribution in [1.82, 2.24) is 10.2 Å². The van der Waals surface area contributed by atoms with Crippen LogP contribution in [0.3, 0.4) is 0 Å². The molecule has 0 amide bonds. The highest BCUT2D eigenvalue weighted by Crippen LogP contribution is 2.18. The lowest BCUT2D eigenvalue weighted by molar-refractivity contribution is 0.601. The number of anilines is 2. The summed E-state index contributed by atoms with van der Waals surface area (Å²) < 4.78 is 27.0. The number of halogens is 1. The zero-order valence-electron chi connectivity index (χ0n) is 13.7. The van der Waals surface area contributed by atoms with Gasteiger partial charge in [-0.1, -0.05) is 25.4 Å². The summed E-state index contributed by atoms with van der Waals surface area (Å²) in [7, 11) is -3.71. The van der Waals surface area contributed by atoms with E-state index in [2.05, 4.69) is 33.7 Å². The topological polar surface area (TPSA) is 75.2 Å². The quantitative estimate of drug-likeness (QED) is 0.771. The van der Waals surface area contributed by atoms with Crippen LogP contribution in [0.25, 0.3) is 0 Å². The second-order valence-electron chi connectivity index (χ2n) is 5.32. The summed E-state index contributed by atoms with van der Waals surface area (Å²) >= 11 is 5.78. The monoisotopic (exact) mass is 368 g/mol. The van der Waals surface area contributed by atoms with Crippen LogP contribution < -0.4 is 9.62 Å². The molecule has 2 aromatic rings. The lowest BCUT2D eigenvalue weighted by Gasteiger charge is -2.21. The minimum Gasteiger partial charge on any atom is -0.355 e. The molecular formula is C16H21ClN4O2S. The van der Waals surface area contributed by atoms with E-state index in [1.54, 1.807) is 12.1 Å². The van der Waals surface area contributed by atoms with Crippen LogP contribution in [0.4, 0.5) is 11.6 Å². The highest BCUT2D eigenvalue weighted by Gasteiger charge is 2.15. The Morgan fingerprint density at radius 3 is 2.12 bits per heavy atom. The number of aromatic nitrogens is 2. The van der Waals surface area contributed by atoms with Gasteiger partial charge in [-0.3, -0.25) is 4.72 Å². The lowest BCUT2D eigenvalue weighted by atomic mass is 10.3. The summed E-state index contributed by atoms with van der Waals surface area (Å²) in [5, 5.41) is 8.60. The van der Waals surface area contributed by atoms with Gasteiger partial charge in [-0.2, -0.15) is 0 Å². The molecule has 1 aromatic carbocycles. The summed E-state index contributed by atoms with van der Waals surface area (Å²) in [4.78, 5) is 2.25. The van der Waals surface area contributed by atoms with Crippen LogP contribution in [-0.2, 0) is 10.0 Å². The third kappa shape index (κ3) is 4.82. The van der Waals surface area contributed by atoms with Crippen LogP contribution in [0.5, 0.6) is 0 Å². The Labute approximate surface area is 147 Å². The molecular weight excluding hydrogens is 348 g/mol. The normalized spacial score (nSPS) is 11.3. The Morgan fingerprint density at radius 1 is 1.00 bits per heavy atom. The highest BCUT2D eigenvalue weighted by atomic mass is 35.5. The maximum Gasteiger partial charge on any atom is 0.263 e.